The highest BCUT2D eigenvalue weighted by atomic mass is 32.2. The van der Waals surface area contributed by atoms with Crippen molar-refractivity contribution in [2.45, 2.75) is 25.0 Å². The number of aromatic nitrogens is 4. The fourth-order valence-corrected chi connectivity index (χ4v) is 3.95. The van der Waals surface area contributed by atoms with E-state index >= 15 is 0 Å². The van der Waals surface area contributed by atoms with Crippen LogP contribution in [0.25, 0.3) is 0 Å². The van der Waals surface area contributed by atoms with Crippen molar-refractivity contribution in [2.24, 2.45) is 13.0 Å². The molecule has 3 rings (SSSR count). The number of hydrogen-bond acceptors (Lipinski definition) is 7. The maximum absolute atomic E-state index is 14.0. The fourth-order valence-electron chi connectivity index (χ4n) is 2.69. The van der Waals surface area contributed by atoms with Crippen LogP contribution in [0.5, 0.6) is 0 Å². The van der Waals surface area contributed by atoms with E-state index in [-0.39, 0.29) is 23.1 Å². The van der Waals surface area contributed by atoms with Gasteiger partial charge in [0.05, 0.1) is 17.4 Å². The quantitative estimate of drug-likeness (QED) is 0.513. The average Bonchev–Trinajstić information content (AvgIpc) is 3.34. The van der Waals surface area contributed by atoms with Crippen molar-refractivity contribution in [1.82, 2.24) is 25.1 Å². The molecule has 30 heavy (non-hydrogen) atoms. The van der Waals surface area contributed by atoms with Crippen molar-refractivity contribution in [3.63, 3.8) is 0 Å². The molecule has 158 valence electrons. The minimum Gasteiger partial charge on any atom is -0.342 e. The van der Waals surface area contributed by atoms with Crippen LogP contribution in [0.4, 0.5) is 9.52 Å². The molecule has 3 aromatic rings. The van der Waals surface area contributed by atoms with Crippen LogP contribution in [0.3, 0.4) is 0 Å². The van der Waals surface area contributed by atoms with Crippen molar-refractivity contribution >= 4 is 40.0 Å². The molecule has 2 aromatic heterocycles. The van der Waals surface area contributed by atoms with Crippen molar-refractivity contribution in [1.29, 1.82) is 0 Å². The number of hydrogen-bond donors (Lipinski definition) is 2. The van der Waals surface area contributed by atoms with Gasteiger partial charge in [0, 0.05) is 18.6 Å². The Hall–Kier alpha value is -2.79. The van der Waals surface area contributed by atoms with Crippen LogP contribution in [0, 0.1) is 11.7 Å². The Morgan fingerprint density at radius 1 is 1.27 bits per heavy atom. The summed E-state index contributed by atoms with van der Waals surface area (Å²) in [7, 11) is 1.76. The van der Waals surface area contributed by atoms with E-state index in [0.29, 0.717) is 16.1 Å². The minimum absolute atomic E-state index is 0.0188. The molecule has 0 fully saturated rings. The number of benzene rings is 1. The molecule has 2 amide bonds. The summed E-state index contributed by atoms with van der Waals surface area (Å²) in [4.78, 5) is 28.6. The highest BCUT2D eigenvalue weighted by Gasteiger charge is 2.26. The molecule has 0 aliphatic rings. The SMILES string of the molecule is CC(C)[C@@H](NC(=O)c1ccccc1F)c1nnc(SCC(=O)Nc2nccs2)n1C. The summed E-state index contributed by atoms with van der Waals surface area (Å²) >= 11 is 2.57. The third kappa shape index (κ3) is 5.22. The van der Waals surface area contributed by atoms with E-state index in [1.165, 1.54) is 41.3 Å². The van der Waals surface area contributed by atoms with Gasteiger partial charge in [0.1, 0.15) is 5.82 Å². The van der Waals surface area contributed by atoms with Gasteiger partial charge in [0.25, 0.3) is 5.91 Å². The first kappa shape index (κ1) is 21.9. The maximum atomic E-state index is 14.0. The number of thiazole rings is 1. The standard InChI is InChI=1S/C19H21FN6O2S2/c1-11(2)15(23-17(28)12-6-4-5-7-13(12)20)16-24-25-19(26(16)3)30-10-14(27)22-18-21-8-9-29-18/h4-9,11,15H,10H2,1-3H3,(H,23,28)(H,21,22,27)/t15-/m1/s1. The highest BCUT2D eigenvalue weighted by Crippen LogP contribution is 2.25. The number of thioether (sulfide) groups is 1. The molecular formula is C19H21FN6O2S2. The summed E-state index contributed by atoms with van der Waals surface area (Å²) in [6, 6.07) is 5.33. The van der Waals surface area contributed by atoms with Gasteiger partial charge in [-0.3, -0.25) is 9.59 Å². The zero-order chi connectivity index (χ0) is 21.7. The van der Waals surface area contributed by atoms with Crippen LogP contribution >= 0.6 is 23.1 Å². The predicted molar refractivity (Wildman–Crippen MR) is 114 cm³/mol. The number of carbonyl (C=O) groups excluding carboxylic acids is 2. The van der Waals surface area contributed by atoms with Gasteiger partial charge in [0.2, 0.25) is 5.91 Å². The molecule has 0 bridgehead atoms. The second-order valence-corrected chi connectivity index (χ2v) is 8.59. The molecule has 2 heterocycles. The van der Waals surface area contributed by atoms with E-state index in [9.17, 15) is 14.0 Å². The van der Waals surface area contributed by atoms with Gasteiger partial charge < -0.3 is 15.2 Å². The molecule has 1 atom stereocenters. The first-order valence-electron chi connectivity index (χ1n) is 9.13. The summed E-state index contributed by atoms with van der Waals surface area (Å²) in [5.74, 6) is -0.663. The summed E-state index contributed by atoms with van der Waals surface area (Å²) in [6.07, 6.45) is 1.62. The largest absolute Gasteiger partial charge is 0.342 e. The second kappa shape index (κ2) is 9.81. The molecular weight excluding hydrogens is 427 g/mol. The number of nitrogens with zero attached hydrogens (tertiary/aromatic N) is 4. The summed E-state index contributed by atoms with van der Waals surface area (Å²) in [5, 5.41) is 16.7. The van der Waals surface area contributed by atoms with Crippen LogP contribution in [-0.2, 0) is 11.8 Å². The smallest absolute Gasteiger partial charge is 0.254 e. The number of carbonyl (C=O) groups is 2. The Morgan fingerprint density at radius 2 is 2.03 bits per heavy atom. The number of rotatable bonds is 8. The van der Waals surface area contributed by atoms with Crippen LogP contribution in [0.15, 0.2) is 41.0 Å². The van der Waals surface area contributed by atoms with Gasteiger partial charge >= 0.3 is 0 Å². The first-order valence-corrected chi connectivity index (χ1v) is 11.0. The molecule has 0 radical (unpaired) electrons. The zero-order valence-corrected chi connectivity index (χ0v) is 18.3. The van der Waals surface area contributed by atoms with E-state index in [2.05, 4.69) is 25.8 Å². The number of nitrogens with one attached hydrogen (secondary N) is 2. The fraction of sp³-hybridized carbons (Fsp3) is 0.316. The summed E-state index contributed by atoms with van der Waals surface area (Å²) in [5.41, 5.74) is -0.0289. The summed E-state index contributed by atoms with van der Waals surface area (Å²) < 4.78 is 15.7. The van der Waals surface area contributed by atoms with Crippen LogP contribution < -0.4 is 10.6 Å². The van der Waals surface area contributed by atoms with Gasteiger partial charge in [-0.2, -0.15) is 0 Å². The Labute approximate surface area is 181 Å². The molecule has 0 spiro atoms. The number of halogens is 1. The molecule has 0 saturated heterocycles. The van der Waals surface area contributed by atoms with Crippen LogP contribution in [-0.4, -0.2) is 37.3 Å². The van der Waals surface area contributed by atoms with Gasteiger partial charge in [0.15, 0.2) is 16.1 Å². The summed E-state index contributed by atoms with van der Waals surface area (Å²) in [6.45, 7) is 3.85. The van der Waals surface area contributed by atoms with Crippen LogP contribution in [0.2, 0.25) is 0 Å². The minimum atomic E-state index is -0.585. The molecule has 1 aromatic carbocycles. The molecule has 8 nitrogen and oxygen atoms in total. The first-order chi connectivity index (χ1) is 14.4. The number of amides is 2. The Balaban J connectivity index is 1.69. The van der Waals surface area contributed by atoms with E-state index in [1.54, 1.807) is 29.3 Å². The van der Waals surface area contributed by atoms with Crippen molar-refractivity contribution in [3.05, 3.63) is 53.0 Å². The van der Waals surface area contributed by atoms with Crippen molar-refractivity contribution in [3.8, 4) is 0 Å². The van der Waals surface area contributed by atoms with Crippen LogP contribution in [0.1, 0.15) is 36.1 Å². The van der Waals surface area contributed by atoms with Gasteiger partial charge in [-0.15, -0.1) is 21.5 Å². The average molecular weight is 449 g/mol. The van der Waals surface area contributed by atoms with Crippen molar-refractivity contribution in [2.75, 3.05) is 11.1 Å². The number of anilines is 1. The molecule has 0 unspecified atom stereocenters. The molecule has 0 aliphatic heterocycles. The Kier molecular flexibility index (Phi) is 7.16. The molecule has 2 N–H and O–H groups in total. The van der Waals surface area contributed by atoms with Gasteiger partial charge in [-0.1, -0.05) is 37.7 Å². The zero-order valence-electron chi connectivity index (χ0n) is 16.6. The molecule has 0 aliphatic carbocycles. The third-order valence-electron chi connectivity index (χ3n) is 4.23. The third-order valence-corrected chi connectivity index (χ3v) is 5.94. The lowest BCUT2D eigenvalue weighted by molar-refractivity contribution is -0.113. The molecule has 0 saturated carbocycles. The highest BCUT2D eigenvalue weighted by molar-refractivity contribution is 7.99. The van der Waals surface area contributed by atoms with E-state index in [1.807, 2.05) is 13.8 Å². The van der Waals surface area contributed by atoms with E-state index < -0.39 is 17.8 Å². The Morgan fingerprint density at radius 3 is 2.70 bits per heavy atom. The normalized spacial score (nSPS) is 12.0. The topological polar surface area (TPSA) is 102 Å². The lowest BCUT2D eigenvalue weighted by Crippen LogP contribution is -2.34. The van der Waals surface area contributed by atoms with Gasteiger partial charge in [-0.25, -0.2) is 9.37 Å². The Bertz CT molecular complexity index is 1020. The monoisotopic (exact) mass is 448 g/mol. The van der Waals surface area contributed by atoms with Gasteiger partial charge in [-0.05, 0) is 18.1 Å². The van der Waals surface area contributed by atoms with E-state index in [4.69, 9.17) is 0 Å². The maximum Gasteiger partial charge on any atom is 0.254 e. The van der Waals surface area contributed by atoms with E-state index in [0.717, 1.165) is 0 Å². The second-order valence-electron chi connectivity index (χ2n) is 6.75. The lowest BCUT2D eigenvalue weighted by Gasteiger charge is -2.21. The molecule has 11 heteroatoms. The lowest BCUT2D eigenvalue weighted by atomic mass is 10.0. The predicted octanol–water partition coefficient (Wildman–Crippen LogP) is 3.27. The van der Waals surface area contributed by atoms with Crippen molar-refractivity contribution < 1.29 is 14.0 Å².